The van der Waals surface area contributed by atoms with Gasteiger partial charge in [-0.2, -0.15) is 0 Å². The van der Waals surface area contributed by atoms with Crippen LogP contribution in [0.4, 0.5) is 0 Å². The van der Waals surface area contributed by atoms with Gasteiger partial charge in [-0.25, -0.2) is 4.79 Å². The van der Waals surface area contributed by atoms with Crippen molar-refractivity contribution in [1.82, 2.24) is 0 Å². The Morgan fingerprint density at radius 3 is 2.57 bits per heavy atom. The second-order valence-electron chi connectivity index (χ2n) is 2.52. The maximum atomic E-state index is 11.3. The van der Waals surface area contributed by atoms with Crippen LogP contribution in [-0.2, 0) is 9.53 Å². The highest BCUT2D eigenvalue weighted by Gasteiger charge is 2.10. The lowest BCUT2D eigenvalue weighted by Crippen LogP contribution is -2.21. The fourth-order valence-corrected chi connectivity index (χ4v) is 1.45. The van der Waals surface area contributed by atoms with Gasteiger partial charge in [0.1, 0.15) is 0 Å². The van der Waals surface area contributed by atoms with Crippen molar-refractivity contribution in [2.24, 2.45) is 5.73 Å². The van der Waals surface area contributed by atoms with E-state index in [1.807, 2.05) is 28.7 Å². The lowest BCUT2D eigenvalue weighted by atomic mass is 10.2. The third kappa shape index (κ3) is 2.99. The molecule has 0 aromatic heterocycles. The summed E-state index contributed by atoms with van der Waals surface area (Å²) in [6.07, 6.45) is 0. The van der Waals surface area contributed by atoms with E-state index in [1.54, 1.807) is 18.2 Å². The molecular formula is C9H8INO3. The quantitative estimate of drug-likeness (QED) is 0.667. The van der Waals surface area contributed by atoms with E-state index in [0.29, 0.717) is 5.56 Å². The van der Waals surface area contributed by atoms with E-state index in [2.05, 4.69) is 4.74 Å². The van der Waals surface area contributed by atoms with E-state index >= 15 is 0 Å². The fourth-order valence-electron chi connectivity index (χ4n) is 0.841. The highest BCUT2D eigenvalue weighted by Crippen LogP contribution is 2.12. The van der Waals surface area contributed by atoms with Crippen molar-refractivity contribution in [3.63, 3.8) is 0 Å². The van der Waals surface area contributed by atoms with Crippen LogP contribution in [0.5, 0.6) is 0 Å². The molecule has 4 nitrogen and oxygen atoms in total. The second kappa shape index (κ2) is 4.94. The fraction of sp³-hybridized carbons (Fsp3) is 0.111. The number of carbonyl (C=O) groups excluding carboxylic acids is 2. The molecule has 14 heavy (non-hydrogen) atoms. The summed E-state index contributed by atoms with van der Waals surface area (Å²) in [7, 11) is 0. The number of ether oxygens (including phenoxy) is 1. The molecule has 1 aromatic rings. The largest absolute Gasteiger partial charge is 0.452 e. The molecule has 1 aromatic carbocycles. The molecule has 2 N–H and O–H groups in total. The molecule has 0 bridgehead atoms. The molecule has 0 spiro atoms. The normalized spacial score (nSPS) is 9.50. The highest BCUT2D eigenvalue weighted by atomic mass is 127. The molecule has 0 fully saturated rings. The molecule has 0 atom stereocenters. The number of hydrogen-bond acceptors (Lipinski definition) is 3. The van der Waals surface area contributed by atoms with E-state index in [4.69, 9.17) is 5.73 Å². The molecule has 0 radical (unpaired) electrons. The molecule has 0 heterocycles. The van der Waals surface area contributed by atoms with Crippen molar-refractivity contribution < 1.29 is 14.3 Å². The predicted octanol–water partition coefficient (Wildman–Crippen LogP) is 0.933. The maximum Gasteiger partial charge on any atom is 0.339 e. The number of nitrogens with two attached hydrogens (primary N) is 1. The lowest BCUT2D eigenvalue weighted by Gasteiger charge is -2.03. The summed E-state index contributed by atoms with van der Waals surface area (Å²) in [5.41, 5.74) is 5.28. The molecule has 74 valence electrons. The number of carbonyl (C=O) groups is 2. The number of hydrogen-bond donors (Lipinski definition) is 1. The van der Waals surface area contributed by atoms with Gasteiger partial charge >= 0.3 is 5.97 Å². The van der Waals surface area contributed by atoms with Crippen LogP contribution >= 0.6 is 22.6 Å². The van der Waals surface area contributed by atoms with E-state index in [1.165, 1.54) is 0 Å². The molecule has 0 unspecified atom stereocenters. The van der Waals surface area contributed by atoms with Gasteiger partial charge in [0.25, 0.3) is 5.91 Å². The first-order valence-corrected chi connectivity index (χ1v) is 4.89. The Balaban J connectivity index is 2.70. The number of esters is 1. The maximum absolute atomic E-state index is 11.3. The van der Waals surface area contributed by atoms with Crippen LogP contribution < -0.4 is 5.73 Å². The van der Waals surface area contributed by atoms with Crippen molar-refractivity contribution in [1.29, 1.82) is 0 Å². The third-order valence-electron chi connectivity index (χ3n) is 1.44. The Bertz CT molecular complexity index is 365. The van der Waals surface area contributed by atoms with Crippen molar-refractivity contribution in [2.75, 3.05) is 6.61 Å². The third-order valence-corrected chi connectivity index (χ3v) is 2.38. The van der Waals surface area contributed by atoms with Crippen molar-refractivity contribution in [3.8, 4) is 0 Å². The average Bonchev–Trinajstić information content (AvgIpc) is 2.15. The monoisotopic (exact) mass is 305 g/mol. The Morgan fingerprint density at radius 1 is 1.36 bits per heavy atom. The van der Waals surface area contributed by atoms with Crippen LogP contribution in [-0.4, -0.2) is 18.5 Å². The summed E-state index contributed by atoms with van der Waals surface area (Å²) < 4.78 is 5.43. The Hall–Kier alpha value is -1.11. The minimum absolute atomic E-state index is 0.385. The summed E-state index contributed by atoms with van der Waals surface area (Å²) >= 11 is 2.02. The van der Waals surface area contributed by atoms with Crippen LogP contribution in [0.1, 0.15) is 10.4 Å². The topological polar surface area (TPSA) is 69.4 Å². The smallest absolute Gasteiger partial charge is 0.339 e. The summed E-state index contributed by atoms with van der Waals surface area (Å²) in [4.78, 5) is 21.7. The number of primary amides is 1. The molecule has 1 amide bonds. The zero-order valence-electron chi connectivity index (χ0n) is 7.20. The van der Waals surface area contributed by atoms with Gasteiger partial charge in [-0.3, -0.25) is 4.79 Å². The summed E-state index contributed by atoms with van der Waals surface area (Å²) in [6, 6.07) is 6.95. The summed E-state index contributed by atoms with van der Waals surface area (Å²) in [5.74, 6) is -1.20. The Kier molecular flexibility index (Phi) is 3.87. The second-order valence-corrected chi connectivity index (χ2v) is 3.68. The molecule has 5 heteroatoms. The molecular weight excluding hydrogens is 297 g/mol. The number of amides is 1. The minimum atomic E-state index is -0.663. The SMILES string of the molecule is NC(=O)COC(=O)c1ccccc1I. The average molecular weight is 305 g/mol. The summed E-state index contributed by atoms with van der Waals surface area (Å²) in [5, 5.41) is 0. The van der Waals surface area contributed by atoms with Gasteiger partial charge in [0.05, 0.1) is 5.56 Å². The van der Waals surface area contributed by atoms with Gasteiger partial charge < -0.3 is 10.5 Å². The van der Waals surface area contributed by atoms with Gasteiger partial charge in [0.2, 0.25) is 0 Å². The molecule has 1 rings (SSSR count). The predicted molar refractivity (Wildman–Crippen MR) is 58.6 cm³/mol. The van der Waals surface area contributed by atoms with Gasteiger partial charge in [-0.1, -0.05) is 12.1 Å². The highest BCUT2D eigenvalue weighted by molar-refractivity contribution is 14.1. The first-order valence-electron chi connectivity index (χ1n) is 3.81. The van der Waals surface area contributed by atoms with E-state index in [9.17, 15) is 9.59 Å². The van der Waals surface area contributed by atoms with Gasteiger partial charge in [-0.05, 0) is 34.7 Å². The van der Waals surface area contributed by atoms with Crippen LogP contribution in [0.25, 0.3) is 0 Å². The van der Waals surface area contributed by atoms with E-state index in [0.717, 1.165) is 3.57 Å². The number of benzene rings is 1. The van der Waals surface area contributed by atoms with Crippen molar-refractivity contribution >= 4 is 34.5 Å². The van der Waals surface area contributed by atoms with Gasteiger partial charge in [-0.15, -0.1) is 0 Å². The van der Waals surface area contributed by atoms with Crippen molar-refractivity contribution in [3.05, 3.63) is 33.4 Å². The molecule has 0 saturated carbocycles. The molecule has 0 saturated heterocycles. The Morgan fingerprint density at radius 2 is 2.00 bits per heavy atom. The standard InChI is InChI=1S/C9H8INO3/c10-7-4-2-1-3-6(7)9(13)14-5-8(11)12/h1-4H,5H2,(H2,11,12). The van der Waals surface area contributed by atoms with Crippen LogP contribution in [0.3, 0.4) is 0 Å². The molecule has 0 aliphatic heterocycles. The lowest BCUT2D eigenvalue weighted by molar-refractivity contribution is -0.121. The number of rotatable bonds is 3. The van der Waals surface area contributed by atoms with Crippen LogP contribution in [0.15, 0.2) is 24.3 Å². The van der Waals surface area contributed by atoms with E-state index in [-0.39, 0.29) is 6.61 Å². The summed E-state index contributed by atoms with van der Waals surface area (Å²) in [6.45, 7) is -0.385. The first-order chi connectivity index (χ1) is 6.61. The molecule has 0 aliphatic rings. The zero-order chi connectivity index (χ0) is 10.6. The zero-order valence-corrected chi connectivity index (χ0v) is 9.35. The van der Waals surface area contributed by atoms with E-state index < -0.39 is 11.9 Å². The Labute approximate surface area is 94.6 Å². The van der Waals surface area contributed by atoms with Crippen LogP contribution in [0.2, 0.25) is 0 Å². The van der Waals surface area contributed by atoms with Gasteiger partial charge in [0, 0.05) is 3.57 Å². The minimum Gasteiger partial charge on any atom is -0.452 e. The molecule has 0 aliphatic carbocycles. The first kappa shape index (κ1) is 11.0. The van der Waals surface area contributed by atoms with Gasteiger partial charge in [0.15, 0.2) is 6.61 Å². The number of halogens is 1. The van der Waals surface area contributed by atoms with Crippen LogP contribution in [0, 0.1) is 3.57 Å². The van der Waals surface area contributed by atoms with Crippen molar-refractivity contribution in [2.45, 2.75) is 0 Å².